The molecule has 0 saturated carbocycles. The maximum Gasteiger partial charge on any atom is 0.328 e. The second-order valence-corrected chi connectivity index (χ2v) is 4.04. The van der Waals surface area contributed by atoms with Gasteiger partial charge in [-0.05, 0) is 6.42 Å². The van der Waals surface area contributed by atoms with Gasteiger partial charge >= 0.3 is 5.69 Å². The van der Waals surface area contributed by atoms with Crippen molar-refractivity contribution < 1.29 is 0 Å². The molecule has 0 atom stereocenters. The van der Waals surface area contributed by atoms with Crippen molar-refractivity contribution in [3.05, 3.63) is 33.1 Å². The van der Waals surface area contributed by atoms with Crippen LogP contribution in [0.5, 0.6) is 0 Å². The third-order valence-electron chi connectivity index (χ3n) is 2.68. The van der Waals surface area contributed by atoms with E-state index in [1.54, 1.807) is 0 Å². The second kappa shape index (κ2) is 7.04. The van der Waals surface area contributed by atoms with Crippen LogP contribution in [0.4, 0.5) is 0 Å². The van der Waals surface area contributed by atoms with Crippen LogP contribution < -0.4 is 11.2 Å². The fourth-order valence-electron chi connectivity index (χ4n) is 1.71. The lowest BCUT2D eigenvalue weighted by atomic mass is 10.1. The molecule has 1 aromatic heterocycles. The van der Waals surface area contributed by atoms with E-state index in [-0.39, 0.29) is 11.2 Å². The van der Waals surface area contributed by atoms with Gasteiger partial charge in [-0.25, -0.2) is 4.79 Å². The fourth-order valence-corrected chi connectivity index (χ4v) is 1.71. The molecule has 0 aromatic carbocycles. The Morgan fingerprint density at radius 3 is 2.50 bits per heavy atom. The van der Waals surface area contributed by atoms with E-state index in [0.29, 0.717) is 6.54 Å². The number of H-pyrrole nitrogens is 1. The number of hydrogen-bond acceptors (Lipinski definition) is 2. The van der Waals surface area contributed by atoms with Crippen molar-refractivity contribution in [2.75, 3.05) is 0 Å². The highest BCUT2D eigenvalue weighted by atomic mass is 16.2. The largest absolute Gasteiger partial charge is 0.328 e. The van der Waals surface area contributed by atoms with Crippen LogP contribution in [-0.2, 0) is 6.54 Å². The average Bonchev–Trinajstić information content (AvgIpc) is 2.26. The number of hydrogen-bond donors (Lipinski definition) is 1. The normalized spacial score (nSPS) is 10.6. The number of unbranched alkanes of at least 4 members (excludes halogenated alkanes) is 5. The smallest absolute Gasteiger partial charge is 0.314 e. The first-order chi connectivity index (χ1) is 7.75. The summed E-state index contributed by atoms with van der Waals surface area (Å²) in [6.07, 6.45) is 8.31. The van der Waals surface area contributed by atoms with E-state index in [1.165, 1.54) is 42.5 Å². The molecule has 1 rings (SSSR count). The Labute approximate surface area is 95.3 Å². The molecule has 0 spiro atoms. The van der Waals surface area contributed by atoms with Crippen molar-refractivity contribution in [3.63, 3.8) is 0 Å². The van der Waals surface area contributed by atoms with Crippen molar-refractivity contribution in [2.45, 2.75) is 52.0 Å². The molecule has 16 heavy (non-hydrogen) atoms. The Morgan fingerprint density at radius 2 is 1.81 bits per heavy atom. The van der Waals surface area contributed by atoms with Gasteiger partial charge in [0.1, 0.15) is 0 Å². The maximum atomic E-state index is 11.3. The molecule has 4 heteroatoms. The minimum Gasteiger partial charge on any atom is -0.314 e. The van der Waals surface area contributed by atoms with E-state index < -0.39 is 0 Å². The molecule has 0 radical (unpaired) electrons. The summed E-state index contributed by atoms with van der Waals surface area (Å²) in [4.78, 5) is 25.2. The Balaban J connectivity index is 2.32. The zero-order valence-corrected chi connectivity index (χ0v) is 9.87. The third-order valence-corrected chi connectivity index (χ3v) is 2.68. The molecular formula is C12H20N2O2. The summed E-state index contributed by atoms with van der Waals surface area (Å²) in [5.74, 6) is 0. The highest BCUT2D eigenvalue weighted by Crippen LogP contribution is 2.04. The average molecular weight is 224 g/mol. The summed E-state index contributed by atoms with van der Waals surface area (Å²) in [5, 5.41) is 0. The van der Waals surface area contributed by atoms with Crippen LogP contribution >= 0.6 is 0 Å². The van der Waals surface area contributed by atoms with E-state index in [2.05, 4.69) is 11.9 Å². The van der Waals surface area contributed by atoms with Gasteiger partial charge in [0.2, 0.25) is 0 Å². The molecule has 0 aliphatic rings. The van der Waals surface area contributed by atoms with Crippen LogP contribution in [0, 0.1) is 0 Å². The summed E-state index contributed by atoms with van der Waals surface area (Å²) in [6.45, 7) is 2.71. The van der Waals surface area contributed by atoms with Crippen LogP contribution in [0.2, 0.25) is 0 Å². The molecule has 1 aromatic rings. The van der Waals surface area contributed by atoms with Crippen molar-refractivity contribution in [3.8, 4) is 0 Å². The second-order valence-electron chi connectivity index (χ2n) is 4.04. The summed E-state index contributed by atoms with van der Waals surface area (Å²) in [5.41, 5.74) is -0.515. The van der Waals surface area contributed by atoms with Crippen LogP contribution in [-0.4, -0.2) is 9.55 Å². The molecule has 0 aliphatic heterocycles. The summed E-state index contributed by atoms with van der Waals surface area (Å²) < 4.78 is 1.26. The van der Waals surface area contributed by atoms with Gasteiger partial charge in [0, 0.05) is 18.8 Å². The Bertz CT molecular complexity index is 378. The topological polar surface area (TPSA) is 54.9 Å². The summed E-state index contributed by atoms with van der Waals surface area (Å²) >= 11 is 0. The molecule has 1 heterocycles. The molecule has 0 amide bonds. The van der Waals surface area contributed by atoms with Crippen LogP contribution in [0.1, 0.15) is 45.4 Å². The fraction of sp³-hybridized carbons (Fsp3) is 0.667. The van der Waals surface area contributed by atoms with E-state index in [1.807, 2.05) is 0 Å². The summed E-state index contributed by atoms with van der Waals surface area (Å²) in [7, 11) is 0. The first-order valence-electron chi connectivity index (χ1n) is 6.04. The number of rotatable bonds is 7. The van der Waals surface area contributed by atoms with Crippen molar-refractivity contribution in [1.82, 2.24) is 9.55 Å². The van der Waals surface area contributed by atoms with E-state index in [9.17, 15) is 9.59 Å². The highest BCUT2D eigenvalue weighted by molar-refractivity contribution is 4.82. The van der Waals surface area contributed by atoms with E-state index >= 15 is 0 Å². The number of aromatic amines is 1. The summed E-state index contributed by atoms with van der Waals surface area (Å²) in [6, 6.07) is 1.39. The molecule has 1 N–H and O–H groups in total. The maximum absolute atomic E-state index is 11.3. The lowest BCUT2D eigenvalue weighted by Gasteiger charge is -2.03. The third kappa shape index (κ3) is 4.04. The first kappa shape index (κ1) is 12.7. The minimum atomic E-state index is -0.305. The van der Waals surface area contributed by atoms with Crippen LogP contribution in [0.25, 0.3) is 0 Å². The molecule has 4 nitrogen and oxygen atoms in total. The quantitative estimate of drug-likeness (QED) is 0.719. The zero-order chi connectivity index (χ0) is 11.8. The Morgan fingerprint density at radius 1 is 1.12 bits per heavy atom. The van der Waals surface area contributed by atoms with Crippen molar-refractivity contribution in [2.24, 2.45) is 0 Å². The number of nitrogens with one attached hydrogen (secondary N) is 1. The monoisotopic (exact) mass is 224 g/mol. The van der Waals surface area contributed by atoms with Gasteiger partial charge in [-0.2, -0.15) is 0 Å². The Kier molecular flexibility index (Phi) is 5.61. The van der Waals surface area contributed by atoms with Gasteiger partial charge in [-0.3, -0.25) is 9.36 Å². The van der Waals surface area contributed by atoms with Gasteiger partial charge in [-0.15, -0.1) is 0 Å². The predicted molar refractivity (Wildman–Crippen MR) is 64.7 cm³/mol. The van der Waals surface area contributed by atoms with Gasteiger partial charge < -0.3 is 4.98 Å². The van der Waals surface area contributed by atoms with Gasteiger partial charge in [0.05, 0.1) is 0 Å². The Hall–Kier alpha value is -1.32. The molecule has 0 unspecified atom stereocenters. The molecule has 90 valence electrons. The predicted octanol–water partition coefficient (Wildman–Crippen LogP) is 1.90. The van der Waals surface area contributed by atoms with E-state index in [0.717, 1.165) is 12.8 Å². The molecule has 0 fully saturated rings. The molecule has 0 saturated heterocycles. The van der Waals surface area contributed by atoms with Crippen molar-refractivity contribution >= 4 is 0 Å². The SMILES string of the molecule is CCCCCCCCn1c(=O)cc[nH]c1=O. The molecule has 0 bridgehead atoms. The first-order valence-corrected chi connectivity index (χ1v) is 6.04. The highest BCUT2D eigenvalue weighted by Gasteiger charge is 1.99. The number of nitrogens with zero attached hydrogens (tertiary/aromatic N) is 1. The zero-order valence-electron chi connectivity index (χ0n) is 9.87. The van der Waals surface area contributed by atoms with Crippen molar-refractivity contribution in [1.29, 1.82) is 0 Å². The van der Waals surface area contributed by atoms with Crippen LogP contribution in [0.3, 0.4) is 0 Å². The molecule has 0 aliphatic carbocycles. The van der Waals surface area contributed by atoms with E-state index in [4.69, 9.17) is 0 Å². The number of aromatic nitrogens is 2. The standard InChI is InChI=1S/C12H20N2O2/c1-2-3-4-5-6-7-10-14-11(15)8-9-13-12(14)16/h8-9H,2-7,10H2,1H3,(H,13,16). The lowest BCUT2D eigenvalue weighted by Crippen LogP contribution is -2.33. The lowest BCUT2D eigenvalue weighted by molar-refractivity contribution is 0.534. The van der Waals surface area contributed by atoms with Gasteiger partial charge in [0.15, 0.2) is 0 Å². The minimum absolute atomic E-state index is 0.211. The van der Waals surface area contributed by atoms with Gasteiger partial charge in [-0.1, -0.05) is 39.0 Å². The van der Waals surface area contributed by atoms with Crippen LogP contribution in [0.15, 0.2) is 21.9 Å². The van der Waals surface area contributed by atoms with Gasteiger partial charge in [0.25, 0.3) is 5.56 Å². The molecular weight excluding hydrogens is 204 g/mol.